The Balaban J connectivity index is 1.84. The lowest BCUT2D eigenvalue weighted by atomic mass is 10.0. The van der Waals surface area contributed by atoms with Gasteiger partial charge in [0.1, 0.15) is 29.3 Å². The van der Waals surface area contributed by atoms with Gasteiger partial charge in [0.25, 0.3) is 5.69 Å². The van der Waals surface area contributed by atoms with Crippen LogP contribution in [0.4, 0.5) is 17.6 Å². The third-order valence-corrected chi connectivity index (χ3v) is 4.31. The molecule has 29 heavy (non-hydrogen) atoms. The van der Waals surface area contributed by atoms with Crippen molar-refractivity contribution in [2.75, 3.05) is 0 Å². The third-order valence-electron chi connectivity index (χ3n) is 4.31. The summed E-state index contributed by atoms with van der Waals surface area (Å²) in [6.07, 6.45) is 2.01. The Morgan fingerprint density at radius 1 is 0.724 bits per heavy atom. The van der Waals surface area contributed by atoms with Gasteiger partial charge in [0, 0.05) is 28.4 Å². The molecule has 0 bridgehead atoms. The monoisotopic (exact) mass is 397 g/mol. The van der Waals surface area contributed by atoms with Crippen LogP contribution in [0.3, 0.4) is 0 Å². The third kappa shape index (κ3) is 3.52. The molecule has 0 radical (unpaired) electrons. The van der Waals surface area contributed by atoms with Crippen molar-refractivity contribution in [2.24, 2.45) is 0 Å². The highest BCUT2D eigenvalue weighted by molar-refractivity contribution is 5.73. The van der Waals surface area contributed by atoms with Gasteiger partial charge in [-0.25, -0.2) is 17.6 Å². The van der Waals surface area contributed by atoms with Gasteiger partial charge in [-0.05, 0) is 34.7 Å². The van der Waals surface area contributed by atoms with Crippen LogP contribution in [0.2, 0.25) is 0 Å². The highest BCUT2D eigenvalue weighted by atomic mass is 19.1. The van der Waals surface area contributed by atoms with Crippen molar-refractivity contribution in [1.82, 2.24) is 10.1 Å². The normalized spacial score (nSPS) is 10.9. The zero-order valence-corrected chi connectivity index (χ0v) is 14.6. The molecule has 0 amide bonds. The average molecular weight is 397 g/mol. The molecule has 8 heteroatoms. The Labute approximate surface area is 162 Å². The Kier molecular flexibility index (Phi) is 4.67. The van der Waals surface area contributed by atoms with E-state index in [0.29, 0.717) is 17.2 Å². The van der Waals surface area contributed by atoms with Crippen molar-refractivity contribution in [3.63, 3.8) is 0 Å². The van der Waals surface area contributed by atoms with E-state index >= 15 is 0 Å². The van der Waals surface area contributed by atoms with Gasteiger partial charge < -0.3 is 5.21 Å². The molecule has 0 aliphatic carbocycles. The van der Waals surface area contributed by atoms with Gasteiger partial charge in [-0.1, -0.05) is 18.2 Å². The first-order valence-corrected chi connectivity index (χ1v) is 8.40. The largest absolute Gasteiger partial charge is 0.594 e. The molecule has 0 saturated heterocycles. The molecule has 4 nitrogen and oxygen atoms in total. The van der Waals surface area contributed by atoms with Gasteiger partial charge in [0.15, 0.2) is 5.82 Å². The maximum absolute atomic E-state index is 14.3. The van der Waals surface area contributed by atoms with E-state index in [0.717, 1.165) is 12.3 Å². The Bertz CT molecular complexity index is 1230. The molecule has 144 valence electrons. The van der Waals surface area contributed by atoms with Gasteiger partial charge in [-0.3, -0.25) is 4.98 Å². The van der Waals surface area contributed by atoms with Crippen molar-refractivity contribution in [3.8, 4) is 33.6 Å². The van der Waals surface area contributed by atoms with E-state index in [9.17, 15) is 22.8 Å². The number of hydrogen-bond donors (Lipinski definition) is 0. The van der Waals surface area contributed by atoms with E-state index < -0.39 is 23.3 Å². The lowest BCUT2D eigenvalue weighted by Gasteiger charge is -2.09. The minimum atomic E-state index is -1.02. The van der Waals surface area contributed by atoms with Crippen molar-refractivity contribution >= 4 is 0 Å². The van der Waals surface area contributed by atoms with Gasteiger partial charge in [-0.15, -0.1) is 0 Å². The van der Waals surface area contributed by atoms with Crippen LogP contribution in [-0.4, -0.2) is 10.1 Å². The quantitative estimate of drug-likeness (QED) is 0.287. The van der Waals surface area contributed by atoms with Crippen molar-refractivity contribution < 1.29 is 22.4 Å². The van der Waals surface area contributed by atoms with Crippen LogP contribution in [0.5, 0.6) is 0 Å². The Morgan fingerprint density at radius 2 is 1.48 bits per heavy atom. The van der Waals surface area contributed by atoms with Crippen LogP contribution in [0.25, 0.3) is 33.6 Å². The van der Waals surface area contributed by atoms with Crippen LogP contribution in [-0.2, 0) is 0 Å². The van der Waals surface area contributed by atoms with Crippen molar-refractivity contribution in [3.05, 3.63) is 95.5 Å². The van der Waals surface area contributed by atoms with Gasteiger partial charge in [-0.2, -0.15) is 0 Å². The molecule has 0 atom stereocenters. The maximum Gasteiger partial charge on any atom is 0.255 e. The molecule has 4 aromatic rings. The van der Waals surface area contributed by atoms with Crippen molar-refractivity contribution in [2.45, 2.75) is 0 Å². The van der Waals surface area contributed by atoms with Crippen LogP contribution in [0.15, 0.2) is 67.0 Å². The van der Waals surface area contributed by atoms with Gasteiger partial charge in [0.2, 0.25) is 0 Å². The van der Waals surface area contributed by atoms with Gasteiger partial charge >= 0.3 is 0 Å². The van der Waals surface area contributed by atoms with Crippen LogP contribution < -0.4 is 4.85 Å². The zero-order chi connectivity index (χ0) is 20.5. The minimum Gasteiger partial charge on any atom is -0.594 e. The average Bonchev–Trinajstić information content (AvgIpc) is 2.70. The maximum atomic E-state index is 14.3. The van der Waals surface area contributed by atoms with Crippen LogP contribution >= 0.6 is 0 Å². The molecule has 0 aliphatic heterocycles. The zero-order valence-electron chi connectivity index (χ0n) is 14.6. The summed E-state index contributed by atoms with van der Waals surface area (Å²) < 4.78 is 55.6. The fourth-order valence-corrected chi connectivity index (χ4v) is 2.92. The molecule has 0 saturated carbocycles. The summed E-state index contributed by atoms with van der Waals surface area (Å²) in [5, 5.41) is 15.7. The van der Waals surface area contributed by atoms with E-state index in [4.69, 9.17) is 0 Å². The first-order valence-electron chi connectivity index (χ1n) is 8.40. The van der Waals surface area contributed by atoms with E-state index in [1.165, 1.54) is 42.6 Å². The summed E-state index contributed by atoms with van der Waals surface area (Å²) in [5.74, 6) is -3.27. The van der Waals surface area contributed by atoms with Crippen LogP contribution in [0, 0.1) is 28.5 Å². The van der Waals surface area contributed by atoms with E-state index in [-0.39, 0.29) is 27.4 Å². The predicted molar refractivity (Wildman–Crippen MR) is 97.1 cm³/mol. The highest BCUT2D eigenvalue weighted by Gasteiger charge is 2.18. The summed E-state index contributed by atoms with van der Waals surface area (Å²) in [6.45, 7) is 0. The lowest BCUT2D eigenvalue weighted by molar-refractivity contribution is -0.658. The van der Waals surface area contributed by atoms with E-state index in [2.05, 4.69) is 10.1 Å². The number of halogens is 4. The summed E-state index contributed by atoms with van der Waals surface area (Å²) in [5.41, 5.74) is 0.217. The number of nitrogens with zero attached hydrogens (tertiary/aromatic N) is 3. The highest BCUT2D eigenvalue weighted by Crippen LogP contribution is 2.30. The second-order valence-corrected chi connectivity index (χ2v) is 6.16. The number of hydrogen-bond acceptors (Lipinski definition) is 3. The van der Waals surface area contributed by atoms with Crippen LogP contribution in [0.1, 0.15) is 0 Å². The molecule has 2 aromatic heterocycles. The number of rotatable bonds is 3. The van der Waals surface area contributed by atoms with Crippen molar-refractivity contribution in [1.29, 1.82) is 0 Å². The molecule has 4 rings (SSSR count). The fraction of sp³-hybridized carbons (Fsp3) is 0. The molecule has 0 spiro atoms. The predicted octanol–water partition coefficient (Wildman–Crippen LogP) is 4.67. The smallest absolute Gasteiger partial charge is 0.255 e. The topological polar surface area (TPSA) is 52.7 Å². The SMILES string of the molecule is [O-][n+]1ncc(-c2ccc(F)c(-c3ncc(F)cc3F)c2)cc1-c1ccccc1F. The Morgan fingerprint density at radius 3 is 2.24 bits per heavy atom. The first-order chi connectivity index (χ1) is 13.9. The van der Waals surface area contributed by atoms with E-state index in [1.54, 1.807) is 6.07 Å². The number of pyridine rings is 1. The summed E-state index contributed by atoms with van der Waals surface area (Å²) in [7, 11) is 0. The molecule has 0 aliphatic rings. The number of aromatic nitrogens is 3. The molecule has 0 fully saturated rings. The molecule has 2 aromatic carbocycles. The minimum absolute atomic E-state index is 0.0439. The molecule has 0 unspecified atom stereocenters. The number of benzene rings is 2. The molecular weight excluding hydrogens is 386 g/mol. The standard InChI is InChI=1S/C21H11F4N3O/c22-14-9-19(25)21(26-11-14)16-7-12(5-6-18(16)24)13-8-20(28(29)27-10-13)15-3-1-2-4-17(15)23/h1-11H. The lowest BCUT2D eigenvalue weighted by Crippen LogP contribution is -2.33. The second-order valence-electron chi connectivity index (χ2n) is 6.16. The molecule has 0 N–H and O–H groups in total. The summed E-state index contributed by atoms with van der Waals surface area (Å²) in [4.78, 5) is 3.90. The summed E-state index contributed by atoms with van der Waals surface area (Å²) >= 11 is 0. The fourth-order valence-electron chi connectivity index (χ4n) is 2.92. The first kappa shape index (κ1) is 18.5. The Hall–Kier alpha value is -3.81. The molecule has 2 heterocycles. The van der Waals surface area contributed by atoms with Gasteiger partial charge in [0.05, 0.1) is 11.8 Å². The van der Waals surface area contributed by atoms with E-state index in [1.807, 2.05) is 0 Å². The summed E-state index contributed by atoms with van der Waals surface area (Å²) in [6, 6.07) is 11.5. The molecular formula is C21H11F4N3O. The second kappa shape index (κ2) is 7.31.